The monoisotopic (exact) mass is 723 g/mol. The van der Waals surface area contributed by atoms with E-state index < -0.39 is 52.0 Å². The molecule has 0 radical (unpaired) electrons. The minimum Gasteiger partial charge on any atom is -0.462 e. The van der Waals surface area contributed by atoms with Crippen molar-refractivity contribution in [3.05, 3.63) is 65.9 Å². The molecule has 2 amide bonds. The van der Waals surface area contributed by atoms with Crippen molar-refractivity contribution >= 4 is 33.8 Å². The van der Waals surface area contributed by atoms with Crippen LogP contribution in [0, 0.1) is 23.7 Å². The van der Waals surface area contributed by atoms with Crippen molar-refractivity contribution in [2.75, 3.05) is 13.2 Å². The topological polar surface area (TPSA) is 193 Å². The maximum atomic E-state index is 13.0. The van der Waals surface area contributed by atoms with Gasteiger partial charge < -0.3 is 24.6 Å². The minimum absolute atomic E-state index is 0.0891. The van der Waals surface area contributed by atoms with E-state index in [1.807, 2.05) is 13.0 Å². The lowest BCUT2D eigenvalue weighted by molar-refractivity contribution is -0.146. The summed E-state index contributed by atoms with van der Waals surface area (Å²) in [5.74, 6) is -0.0318. The summed E-state index contributed by atoms with van der Waals surface area (Å²) in [6.45, 7) is 3.18. The number of rotatable bonds is 21. The number of amides is 2. The van der Waals surface area contributed by atoms with Gasteiger partial charge in [-0.15, -0.1) is 12.3 Å². The van der Waals surface area contributed by atoms with E-state index in [1.165, 1.54) is 30.3 Å². The number of hydrogen-bond donors (Lipinski definition) is 2. The van der Waals surface area contributed by atoms with E-state index in [1.54, 1.807) is 31.2 Å². The zero-order valence-electron chi connectivity index (χ0n) is 28.9. The molecule has 0 aromatic heterocycles. The molecule has 1 saturated heterocycles. The Kier molecular flexibility index (Phi) is 15.6. The largest absolute Gasteiger partial charge is 0.462 e. The Hall–Kier alpha value is -4.76. The first-order chi connectivity index (χ1) is 24.3. The molecule has 51 heavy (non-hydrogen) atoms. The number of carbonyl (C=O) groups is 4. The first-order valence-electron chi connectivity index (χ1n) is 16.9. The number of terminal acetylenes is 1. The van der Waals surface area contributed by atoms with E-state index in [2.05, 4.69) is 11.2 Å². The van der Waals surface area contributed by atoms with Crippen LogP contribution in [-0.4, -0.2) is 78.6 Å². The van der Waals surface area contributed by atoms with Crippen LogP contribution in [0.1, 0.15) is 88.4 Å². The van der Waals surface area contributed by atoms with Crippen molar-refractivity contribution in [2.45, 2.75) is 107 Å². The second-order valence-electron chi connectivity index (χ2n) is 12.3. The van der Waals surface area contributed by atoms with E-state index in [9.17, 15) is 32.7 Å². The van der Waals surface area contributed by atoms with Crippen molar-refractivity contribution in [2.24, 2.45) is 0 Å². The third kappa shape index (κ3) is 12.8. The van der Waals surface area contributed by atoms with Gasteiger partial charge in [-0.3, -0.25) is 9.59 Å². The van der Waals surface area contributed by atoms with Gasteiger partial charge in [-0.05, 0) is 75.8 Å². The number of allylic oxidation sites excluding steroid dienone is 2. The van der Waals surface area contributed by atoms with Crippen LogP contribution >= 0.6 is 0 Å². The Morgan fingerprint density at radius 3 is 2.57 bits per heavy atom. The number of hydrogen-bond acceptors (Lipinski definition) is 11. The summed E-state index contributed by atoms with van der Waals surface area (Å²) in [7, 11) is -4.29. The Labute approximate surface area is 299 Å². The third-order valence-corrected chi connectivity index (χ3v) is 10.0. The number of carbonyl (C=O) groups excluding carboxylic acids is 4. The molecule has 1 aromatic carbocycles. The summed E-state index contributed by atoms with van der Waals surface area (Å²) in [4.78, 5) is 48.7. The van der Waals surface area contributed by atoms with Gasteiger partial charge >= 0.3 is 11.9 Å². The Morgan fingerprint density at radius 2 is 1.90 bits per heavy atom. The van der Waals surface area contributed by atoms with E-state index >= 15 is 0 Å². The number of nitriles is 1. The van der Waals surface area contributed by atoms with Crippen molar-refractivity contribution in [1.82, 2.24) is 9.62 Å². The van der Waals surface area contributed by atoms with Gasteiger partial charge in [0.1, 0.15) is 17.8 Å². The van der Waals surface area contributed by atoms with E-state index in [0.29, 0.717) is 36.4 Å². The van der Waals surface area contributed by atoms with Crippen LogP contribution in [0.3, 0.4) is 0 Å². The highest BCUT2D eigenvalue weighted by atomic mass is 32.2. The molecule has 3 rings (SSSR count). The summed E-state index contributed by atoms with van der Waals surface area (Å²) in [6, 6.07) is 6.70. The number of aliphatic hydroxyl groups excluding tert-OH is 1. The van der Waals surface area contributed by atoms with Gasteiger partial charge in [0.05, 0.1) is 47.9 Å². The lowest BCUT2D eigenvalue weighted by Crippen LogP contribution is -2.37. The van der Waals surface area contributed by atoms with Gasteiger partial charge in [0, 0.05) is 12.8 Å². The molecule has 274 valence electrons. The number of cyclic esters (lactones) is 1. The molecular weight excluding hydrogens is 678 g/mol. The zero-order valence-corrected chi connectivity index (χ0v) is 29.7. The smallest absolute Gasteiger partial charge is 0.355 e. The minimum atomic E-state index is -4.29. The summed E-state index contributed by atoms with van der Waals surface area (Å²) < 4.78 is 42.7. The molecule has 1 aromatic rings. The SMILES string of the molecule is C#CCCCC(=O)N(CC#N)S(=O)(=O)c1ccc(C(=O)OCCCCC[C@H]2O[C@H]2C/C=C/C=C\[C@H](O)CC(=O)NC2=C[C@](C)(CC)OC2=O)cc1. The highest BCUT2D eigenvalue weighted by Gasteiger charge is 2.37. The first kappa shape index (κ1) is 40.7. The molecule has 13 nitrogen and oxygen atoms in total. The van der Waals surface area contributed by atoms with Crippen molar-refractivity contribution in [3.63, 3.8) is 0 Å². The lowest BCUT2D eigenvalue weighted by atomic mass is 10.0. The van der Waals surface area contributed by atoms with Crippen LogP contribution in [0.5, 0.6) is 0 Å². The molecule has 2 aliphatic rings. The summed E-state index contributed by atoms with van der Waals surface area (Å²) >= 11 is 0. The van der Waals surface area contributed by atoms with Gasteiger partial charge in [-0.25, -0.2) is 22.3 Å². The maximum Gasteiger partial charge on any atom is 0.355 e. The van der Waals surface area contributed by atoms with Crippen molar-refractivity contribution in [1.29, 1.82) is 5.26 Å². The molecule has 4 atom stereocenters. The standard InChI is InChI=1S/C37H45N3O10S/c1-4-6-9-17-34(43)40(23-22-38)51(46,47)29-20-18-27(19-21-29)35(44)48-24-13-8-12-16-32-31(49-32)15-11-7-10-14-28(41)25-33(42)39-30-26-37(3,5-2)50-36(30)45/h1,7,10-11,14,18-21,26,28,31-32,41H,5-6,8-9,12-13,15-17,23-25H2,2-3H3,(H,39,42)/b11-7+,14-10-/t28-,31-,32+,37-/m0/s1. The first-order valence-corrected chi connectivity index (χ1v) is 18.3. The molecule has 14 heteroatoms. The Bertz CT molecular complexity index is 1690. The van der Waals surface area contributed by atoms with Gasteiger partial charge in [0.15, 0.2) is 0 Å². The highest BCUT2D eigenvalue weighted by Crippen LogP contribution is 2.30. The predicted octanol–water partition coefficient (Wildman–Crippen LogP) is 3.99. The number of epoxide rings is 1. The van der Waals surface area contributed by atoms with E-state index in [0.717, 1.165) is 19.3 Å². The summed E-state index contributed by atoms with van der Waals surface area (Å²) in [6.07, 6.45) is 17.6. The van der Waals surface area contributed by atoms with Gasteiger partial charge in [0.2, 0.25) is 11.8 Å². The van der Waals surface area contributed by atoms with Crippen LogP contribution in [0.15, 0.2) is 65.2 Å². The number of ether oxygens (including phenoxy) is 3. The second kappa shape index (κ2) is 19.6. The number of esters is 2. The number of aliphatic hydroxyl groups is 1. The van der Waals surface area contributed by atoms with E-state index in [4.69, 9.17) is 25.9 Å². The third-order valence-electron chi connectivity index (χ3n) is 8.25. The van der Waals surface area contributed by atoms with Gasteiger partial charge in [-0.2, -0.15) is 5.26 Å². The molecule has 0 aliphatic carbocycles. The molecule has 0 unspecified atom stereocenters. The molecule has 1 fully saturated rings. The number of nitrogens with one attached hydrogen (secondary N) is 1. The fourth-order valence-electron chi connectivity index (χ4n) is 5.11. The quantitative estimate of drug-likeness (QED) is 0.0465. The Morgan fingerprint density at radius 1 is 1.16 bits per heavy atom. The second-order valence-corrected chi connectivity index (χ2v) is 14.2. The highest BCUT2D eigenvalue weighted by molar-refractivity contribution is 7.89. The van der Waals surface area contributed by atoms with Crippen LogP contribution in [-0.2, 0) is 38.6 Å². The average Bonchev–Trinajstić information content (AvgIpc) is 3.78. The van der Waals surface area contributed by atoms with E-state index in [-0.39, 0.29) is 47.8 Å². The van der Waals surface area contributed by atoms with Crippen LogP contribution < -0.4 is 5.32 Å². The van der Waals surface area contributed by atoms with Gasteiger partial charge in [0.25, 0.3) is 10.0 Å². The zero-order chi connectivity index (χ0) is 37.4. The normalized spacial score (nSPS) is 20.3. The lowest BCUT2D eigenvalue weighted by Gasteiger charge is -2.19. The van der Waals surface area contributed by atoms with Crippen LogP contribution in [0.2, 0.25) is 0 Å². The molecule has 0 spiro atoms. The van der Waals surface area contributed by atoms with Crippen LogP contribution in [0.4, 0.5) is 0 Å². The predicted molar refractivity (Wildman–Crippen MR) is 186 cm³/mol. The fraction of sp³-hybridized carbons (Fsp3) is 0.486. The molecule has 2 aliphatic heterocycles. The van der Waals surface area contributed by atoms with Crippen LogP contribution in [0.25, 0.3) is 0 Å². The van der Waals surface area contributed by atoms with Gasteiger partial charge in [-0.1, -0.05) is 37.6 Å². The molecular formula is C37H45N3O10S. The van der Waals surface area contributed by atoms with Crippen molar-refractivity contribution in [3.8, 4) is 18.4 Å². The summed E-state index contributed by atoms with van der Waals surface area (Å²) in [5, 5.41) is 21.7. The Balaban J connectivity index is 1.28. The molecule has 2 heterocycles. The number of benzene rings is 1. The number of unbranched alkanes of at least 4 members (excludes halogenated alkanes) is 3. The number of nitrogens with zero attached hydrogens (tertiary/aromatic N) is 2. The molecule has 2 N–H and O–H groups in total. The average molecular weight is 724 g/mol. The maximum absolute atomic E-state index is 13.0. The molecule has 0 bridgehead atoms. The number of sulfonamides is 1. The molecule has 0 saturated carbocycles. The van der Waals surface area contributed by atoms with Crippen molar-refractivity contribution < 1.29 is 46.9 Å². The fourth-order valence-corrected chi connectivity index (χ4v) is 6.43. The summed E-state index contributed by atoms with van der Waals surface area (Å²) in [5.41, 5.74) is -0.492.